The molecule has 1 fully saturated rings. The number of nitrogens with zero attached hydrogens (tertiary/aromatic N) is 2. The average Bonchev–Trinajstić information content (AvgIpc) is 2.65. The molecule has 25 heavy (non-hydrogen) atoms. The van der Waals surface area contributed by atoms with Crippen LogP contribution in [0.5, 0.6) is 5.75 Å². The van der Waals surface area contributed by atoms with E-state index in [-0.39, 0.29) is 5.91 Å². The molecule has 0 spiro atoms. The van der Waals surface area contributed by atoms with Crippen molar-refractivity contribution in [3.05, 3.63) is 59.5 Å². The smallest absolute Gasteiger partial charge is 0.254 e. The fourth-order valence-corrected chi connectivity index (χ4v) is 3.18. The highest BCUT2D eigenvalue weighted by molar-refractivity contribution is 5.95. The van der Waals surface area contributed by atoms with E-state index < -0.39 is 0 Å². The highest BCUT2D eigenvalue weighted by atomic mass is 16.5. The van der Waals surface area contributed by atoms with Crippen LogP contribution in [-0.2, 0) is 0 Å². The van der Waals surface area contributed by atoms with Crippen LogP contribution in [0.25, 0.3) is 5.57 Å². The van der Waals surface area contributed by atoms with Gasteiger partial charge in [-0.3, -0.25) is 4.79 Å². The normalized spacial score (nSPS) is 18.0. The Morgan fingerprint density at radius 3 is 2.64 bits per heavy atom. The fourth-order valence-electron chi connectivity index (χ4n) is 3.18. The molecule has 1 aromatic rings. The number of nitrogens with one attached hydrogen (secondary N) is 1. The number of piperazine rings is 1. The summed E-state index contributed by atoms with van der Waals surface area (Å²) in [5, 5.41) is 3.26. The van der Waals surface area contributed by atoms with Crippen LogP contribution in [-0.4, -0.2) is 56.0 Å². The fraction of sp³-hybridized carbons (Fsp3) is 0.350. The standard InChI is InChI=1S/C20H25N3O2/c1-14-11-17(13-22(3)15(14)2)18-6-5-16(12-19(18)25-4)20(24)23-9-7-21-8-10-23/h5-6,11-13,21H,2,7-10H2,1,3-4H3. The molecule has 1 amide bonds. The predicted molar refractivity (Wildman–Crippen MR) is 100 cm³/mol. The monoisotopic (exact) mass is 339 g/mol. The summed E-state index contributed by atoms with van der Waals surface area (Å²) < 4.78 is 5.58. The van der Waals surface area contributed by atoms with E-state index in [1.807, 2.05) is 48.2 Å². The van der Waals surface area contributed by atoms with Crippen LogP contribution in [0.15, 0.2) is 48.3 Å². The Hall–Kier alpha value is -2.53. The zero-order chi connectivity index (χ0) is 18.0. The topological polar surface area (TPSA) is 44.8 Å². The van der Waals surface area contributed by atoms with Crippen molar-refractivity contribution >= 4 is 11.5 Å². The van der Waals surface area contributed by atoms with Gasteiger partial charge >= 0.3 is 0 Å². The first-order valence-corrected chi connectivity index (χ1v) is 8.52. The van der Waals surface area contributed by atoms with Crippen LogP contribution in [0.4, 0.5) is 0 Å². The van der Waals surface area contributed by atoms with E-state index in [1.165, 1.54) is 0 Å². The van der Waals surface area contributed by atoms with Crippen LogP contribution in [0.1, 0.15) is 22.8 Å². The molecule has 5 nitrogen and oxygen atoms in total. The number of benzene rings is 1. The Balaban J connectivity index is 1.91. The maximum absolute atomic E-state index is 12.7. The summed E-state index contributed by atoms with van der Waals surface area (Å²) in [4.78, 5) is 16.6. The Kier molecular flexibility index (Phi) is 4.95. The zero-order valence-electron chi connectivity index (χ0n) is 15.1. The molecular weight excluding hydrogens is 314 g/mol. The molecule has 0 unspecified atom stereocenters. The second-order valence-electron chi connectivity index (χ2n) is 6.43. The van der Waals surface area contributed by atoms with E-state index >= 15 is 0 Å². The Labute approximate surface area is 149 Å². The molecule has 1 aromatic carbocycles. The second-order valence-corrected chi connectivity index (χ2v) is 6.43. The third kappa shape index (κ3) is 3.46. The van der Waals surface area contributed by atoms with E-state index in [0.717, 1.165) is 48.6 Å². The number of amides is 1. The van der Waals surface area contributed by atoms with Gasteiger partial charge in [0, 0.05) is 61.8 Å². The number of hydrogen-bond donors (Lipinski definition) is 1. The Bertz CT molecular complexity index is 758. The molecule has 132 valence electrons. The summed E-state index contributed by atoms with van der Waals surface area (Å²) >= 11 is 0. The largest absolute Gasteiger partial charge is 0.496 e. The molecule has 0 radical (unpaired) electrons. The van der Waals surface area contributed by atoms with Gasteiger partial charge in [0.2, 0.25) is 0 Å². The summed E-state index contributed by atoms with van der Waals surface area (Å²) in [6.45, 7) is 9.27. The minimum absolute atomic E-state index is 0.0567. The summed E-state index contributed by atoms with van der Waals surface area (Å²) in [5.74, 6) is 0.762. The lowest BCUT2D eigenvalue weighted by molar-refractivity contribution is 0.0735. The Morgan fingerprint density at radius 1 is 1.28 bits per heavy atom. The molecule has 0 atom stereocenters. The van der Waals surface area contributed by atoms with Crippen LogP contribution in [0.3, 0.4) is 0 Å². The lowest BCUT2D eigenvalue weighted by Crippen LogP contribution is -2.46. The minimum Gasteiger partial charge on any atom is -0.496 e. The van der Waals surface area contributed by atoms with Crippen molar-refractivity contribution < 1.29 is 9.53 Å². The average molecular weight is 339 g/mol. The Morgan fingerprint density at radius 2 is 2.00 bits per heavy atom. The van der Waals surface area contributed by atoms with Crippen molar-refractivity contribution in [2.45, 2.75) is 6.92 Å². The van der Waals surface area contributed by atoms with Crippen LogP contribution < -0.4 is 10.1 Å². The molecule has 2 aliphatic heterocycles. The first-order chi connectivity index (χ1) is 12.0. The van der Waals surface area contributed by atoms with Gasteiger partial charge in [-0.1, -0.05) is 6.58 Å². The van der Waals surface area contributed by atoms with E-state index in [4.69, 9.17) is 4.74 Å². The van der Waals surface area contributed by atoms with Crippen LogP contribution >= 0.6 is 0 Å². The first kappa shape index (κ1) is 17.3. The van der Waals surface area contributed by atoms with Gasteiger partial charge < -0.3 is 19.9 Å². The van der Waals surface area contributed by atoms with Gasteiger partial charge in [0.1, 0.15) is 5.75 Å². The summed E-state index contributed by atoms with van der Waals surface area (Å²) in [6.07, 6.45) is 4.13. The number of carbonyl (C=O) groups excluding carboxylic acids is 1. The molecule has 0 saturated carbocycles. The van der Waals surface area contributed by atoms with E-state index in [0.29, 0.717) is 11.3 Å². The molecule has 0 aliphatic carbocycles. The quantitative estimate of drug-likeness (QED) is 0.919. The number of carbonyl (C=O) groups is 1. The number of hydrogen-bond acceptors (Lipinski definition) is 4. The van der Waals surface area contributed by atoms with Crippen molar-refractivity contribution in [3.63, 3.8) is 0 Å². The highest BCUT2D eigenvalue weighted by Gasteiger charge is 2.20. The molecule has 0 aromatic heterocycles. The number of likely N-dealkylation sites (N-methyl/N-ethyl adjacent to an activating group) is 1. The first-order valence-electron chi connectivity index (χ1n) is 8.52. The second kappa shape index (κ2) is 7.15. The third-order valence-electron chi connectivity index (χ3n) is 4.75. The third-order valence-corrected chi connectivity index (χ3v) is 4.75. The van der Waals surface area contributed by atoms with E-state index in [2.05, 4.69) is 18.0 Å². The van der Waals surface area contributed by atoms with Gasteiger partial charge in [-0.2, -0.15) is 0 Å². The van der Waals surface area contributed by atoms with Gasteiger partial charge in [0.15, 0.2) is 0 Å². The van der Waals surface area contributed by atoms with Crippen LogP contribution in [0.2, 0.25) is 0 Å². The molecule has 3 rings (SSSR count). The number of allylic oxidation sites excluding steroid dienone is 3. The number of methoxy groups -OCH3 is 1. The SMILES string of the molecule is C=C1C(C)=CC(c2ccc(C(=O)N3CCNCC3)cc2OC)=CN1C. The molecule has 1 N–H and O–H groups in total. The van der Waals surface area contributed by atoms with Crippen molar-refractivity contribution in [2.24, 2.45) is 0 Å². The van der Waals surface area contributed by atoms with Gasteiger partial charge in [0.25, 0.3) is 5.91 Å². The molecule has 1 saturated heterocycles. The van der Waals surface area contributed by atoms with Gasteiger partial charge in [0.05, 0.1) is 7.11 Å². The molecule has 5 heteroatoms. The number of rotatable bonds is 3. The van der Waals surface area contributed by atoms with Gasteiger partial charge in [-0.05, 0) is 36.8 Å². The molecular formula is C20H25N3O2. The van der Waals surface area contributed by atoms with Crippen LogP contribution in [0, 0.1) is 0 Å². The lowest BCUT2D eigenvalue weighted by Gasteiger charge is -2.28. The molecule has 0 bridgehead atoms. The van der Waals surface area contributed by atoms with Crippen molar-refractivity contribution in [1.29, 1.82) is 0 Å². The van der Waals surface area contributed by atoms with Crippen molar-refractivity contribution in [3.8, 4) is 5.75 Å². The maximum atomic E-state index is 12.7. The van der Waals surface area contributed by atoms with E-state index in [1.54, 1.807) is 7.11 Å². The van der Waals surface area contributed by atoms with Crippen molar-refractivity contribution in [1.82, 2.24) is 15.1 Å². The lowest BCUT2D eigenvalue weighted by atomic mass is 9.97. The number of ether oxygens (including phenoxy) is 1. The predicted octanol–water partition coefficient (Wildman–Crippen LogP) is 2.49. The minimum atomic E-state index is 0.0567. The molecule has 2 heterocycles. The highest BCUT2D eigenvalue weighted by Crippen LogP contribution is 2.33. The summed E-state index contributed by atoms with van der Waals surface area (Å²) in [5.41, 5.74) is 4.78. The molecule has 2 aliphatic rings. The maximum Gasteiger partial charge on any atom is 0.254 e. The van der Waals surface area contributed by atoms with Gasteiger partial charge in [-0.25, -0.2) is 0 Å². The summed E-state index contributed by atoms with van der Waals surface area (Å²) in [6, 6.07) is 5.69. The van der Waals surface area contributed by atoms with Gasteiger partial charge in [-0.15, -0.1) is 0 Å². The zero-order valence-corrected chi connectivity index (χ0v) is 15.1. The summed E-state index contributed by atoms with van der Waals surface area (Å²) in [7, 11) is 3.62. The van der Waals surface area contributed by atoms with E-state index in [9.17, 15) is 4.79 Å². The van der Waals surface area contributed by atoms with Crippen molar-refractivity contribution in [2.75, 3.05) is 40.3 Å².